The highest BCUT2D eigenvalue weighted by Crippen LogP contribution is 1.88. The van der Waals surface area contributed by atoms with Gasteiger partial charge in [0.25, 0.3) is 0 Å². The molecule has 0 fully saturated rings. The molecule has 0 unspecified atom stereocenters. The van der Waals surface area contributed by atoms with Crippen LogP contribution in [0.1, 0.15) is 60.8 Å². The number of unbranched alkanes of at least 4 members (excludes halogenated alkanes) is 2. The summed E-state index contributed by atoms with van der Waals surface area (Å²) in [7, 11) is 0. The first kappa shape index (κ1) is 17.0. The van der Waals surface area contributed by atoms with Gasteiger partial charge in [-0.05, 0) is 13.8 Å². The molecule has 0 N–H and O–H groups in total. The number of carbonyl (C=O) groups excluding carboxylic acids is 1. The van der Waals surface area contributed by atoms with E-state index in [2.05, 4.69) is 13.8 Å². The molecule has 11 heavy (non-hydrogen) atoms. The van der Waals surface area contributed by atoms with E-state index in [0.29, 0.717) is 0 Å². The molecule has 0 aliphatic carbocycles. The Morgan fingerprint density at radius 2 is 1.18 bits per heavy atom. The van der Waals surface area contributed by atoms with Crippen LogP contribution in [0.25, 0.3) is 0 Å². The molecule has 70 valence electrons. The van der Waals surface area contributed by atoms with E-state index in [1.54, 1.807) is 0 Å². The fourth-order valence-corrected chi connectivity index (χ4v) is 0.354. The fraction of sp³-hybridized carbons (Fsp3) is 0.900. The average molecular weight is 160 g/mol. The zero-order valence-corrected chi connectivity index (χ0v) is 9.03. The van der Waals surface area contributed by atoms with Crippen LogP contribution in [0.5, 0.6) is 0 Å². The molecule has 0 aromatic carbocycles. The fourth-order valence-electron chi connectivity index (χ4n) is 0.354. The van der Waals surface area contributed by atoms with Gasteiger partial charge in [-0.2, -0.15) is 0 Å². The largest absolute Gasteiger partial charge is 0.300 e. The van der Waals surface area contributed by atoms with Crippen molar-refractivity contribution in [1.29, 1.82) is 0 Å². The lowest BCUT2D eigenvalue weighted by Gasteiger charge is -1.79. The second kappa shape index (κ2) is 22.6. The standard InChI is InChI=1S/C5H12.C3H6O.C2H6/c1-3-5-4-2;1-3(2)4;1-2/h3-5H2,1-2H3;1-2H3;1-2H3. The van der Waals surface area contributed by atoms with Gasteiger partial charge in [-0.3, -0.25) is 0 Å². The molecule has 0 radical (unpaired) electrons. The second-order valence-electron chi connectivity index (χ2n) is 2.26. The zero-order valence-electron chi connectivity index (χ0n) is 9.03. The minimum absolute atomic E-state index is 0.167. The number of Topliss-reactive ketones (excluding diaryl/α,β-unsaturated/α-hetero) is 1. The van der Waals surface area contributed by atoms with Crippen LogP contribution in [-0.2, 0) is 4.79 Å². The molecule has 0 spiro atoms. The van der Waals surface area contributed by atoms with Crippen molar-refractivity contribution in [1.82, 2.24) is 0 Å². The van der Waals surface area contributed by atoms with Crippen LogP contribution < -0.4 is 0 Å². The van der Waals surface area contributed by atoms with Crippen molar-refractivity contribution in [2.75, 3.05) is 0 Å². The van der Waals surface area contributed by atoms with Crippen molar-refractivity contribution in [3.8, 4) is 0 Å². The first-order chi connectivity index (χ1) is 5.15. The van der Waals surface area contributed by atoms with Gasteiger partial charge in [-0.15, -0.1) is 0 Å². The van der Waals surface area contributed by atoms with Crippen LogP contribution >= 0.6 is 0 Å². The third-order valence-corrected chi connectivity index (χ3v) is 0.707. The van der Waals surface area contributed by atoms with Gasteiger partial charge < -0.3 is 4.79 Å². The second-order valence-corrected chi connectivity index (χ2v) is 2.26. The molecule has 0 rings (SSSR count). The highest BCUT2D eigenvalue weighted by atomic mass is 16.1. The third kappa shape index (κ3) is 204. The van der Waals surface area contributed by atoms with Crippen LogP contribution in [0.15, 0.2) is 0 Å². The third-order valence-electron chi connectivity index (χ3n) is 0.707. The SMILES string of the molecule is CC.CC(C)=O.CCCCC. The van der Waals surface area contributed by atoms with Crippen LogP contribution in [-0.4, -0.2) is 5.78 Å². The molecule has 1 heteroatoms. The van der Waals surface area contributed by atoms with Crippen molar-refractivity contribution >= 4 is 5.78 Å². The maximum atomic E-state index is 9.44. The monoisotopic (exact) mass is 160 g/mol. The summed E-state index contributed by atoms with van der Waals surface area (Å²) in [5.74, 6) is 0.167. The predicted octanol–water partition coefficient (Wildman–Crippen LogP) is 3.82. The molecule has 0 heterocycles. The van der Waals surface area contributed by atoms with Crippen molar-refractivity contribution in [3.63, 3.8) is 0 Å². The number of rotatable bonds is 2. The molecular formula is C10H24O. The summed E-state index contributed by atoms with van der Waals surface area (Å²) >= 11 is 0. The Bertz CT molecular complexity index is 51.9. The van der Waals surface area contributed by atoms with Gasteiger partial charge in [0.05, 0.1) is 0 Å². The molecule has 0 atom stereocenters. The average Bonchev–Trinajstić information content (AvgIpc) is 1.93. The summed E-state index contributed by atoms with van der Waals surface area (Å²) in [5.41, 5.74) is 0. The molecule has 0 aliphatic rings. The van der Waals surface area contributed by atoms with E-state index in [9.17, 15) is 4.79 Å². The summed E-state index contributed by atoms with van der Waals surface area (Å²) in [4.78, 5) is 9.44. The quantitative estimate of drug-likeness (QED) is 0.600. The van der Waals surface area contributed by atoms with Crippen molar-refractivity contribution < 1.29 is 4.79 Å². The van der Waals surface area contributed by atoms with Crippen LogP contribution in [0, 0.1) is 0 Å². The van der Waals surface area contributed by atoms with E-state index in [-0.39, 0.29) is 5.78 Å². The molecule has 0 amide bonds. The van der Waals surface area contributed by atoms with E-state index in [1.807, 2.05) is 13.8 Å². The molecular weight excluding hydrogens is 136 g/mol. The molecule has 1 nitrogen and oxygen atoms in total. The van der Waals surface area contributed by atoms with Crippen molar-refractivity contribution in [2.45, 2.75) is 60.8 Å². The Morgan fingerprint density at radius 3 is 1.18 bits per heavy atom. The summed E-state index contributed by atoms with van der Waals surface area (Å²) in [6.07, 6.45) is 4.08. The maximum Gasteiger partial charge on any atom is 0.126 e. The molecule has 0 aromatic heterocycles. The van der Waals surface area contributed by atoms with E-state index in [1.165, 1.54) is 33.1 Å². The van der Waals surface area contributed by atoms with Gasteiger partial charge in [0.15, 0.2) is 0 Å². The molecule has 0 aliphatic heterocycles. The molecule has 0 bridgehead atoms. The van der Waals surface area contributed by atoms with Crippen molar-refractivity contribution in [2.24, 2.45) is 0 Å². The van der Waals surface area contributed by atoms with Gasteiger partial charge in [-0.25, -0.2) is 0 Å². The van der Waals surface area contributed by atoms with Gasteiger partial charge in [0, 0.05) is 0 Å². The van der Waals surface area contributed by atoms with Gasteiger partial charge >= 0.3 is 0 Å². The minimum atomic E-state index is 0.167. The van der Waals surface area contributed by atoms with Crippen LogP contribution in [0.4, 0.5) is 0 Å². The molecule has 0 aromatic rings. The van der Waals surface area contributed by atoms with E-state index in [4.69, 9.17) is 0 Å². The lowest BCUT2D eigenvalue weighted by molar-refractivity contribution is -0.114. The van der Waals surface area contributed by atoms with Gasteiger partial charge in [-0.1, -0.05) is 47.0 Å². The highest BCUT2D eigenvalue weighted by molar-refractivity contribution is 5.72. The molecule has 0 saturated carbocycles. The topological polar surface area (TPSA) is 17.1 Å². The van der Waals surface area contributed by atoms with Gasteiger partial charge in [0.1, 0.15) is 5.78 Å². The highest BCUT2D eigenvalue weighted by Gasteiger charge is 1.68. The first-order valence-corrected chi connectivity index (χ1v) is 4.62. The minimum Gasteiger partial charge on any atom is -0.300 e. The normalized spacial score (nSPS) is 6.73. The van der Waals surface area contributed by atoms with E-state index >= 15 is 0 Å². The van der Waals surface area contributed by atoms with Crippen LogP contribution in [0.2, 0.25) is 0 Å². The number of ketones is 1. The Labute approximate surface area is 72.2 Å². The van der Waals surface area contributed by atoms with E-state index < -0.39 is 0 Å². The smallest absolute Gasteiger partial charge is 0.126 e. The summed E-state index contributed by atoms with van der Waals surface area (Å²) in [5, 5.41) is 0. The summed E-state index contributed by atoms with van der Waals surface area (Å²) < 4.78 is 0. The summed E-state index contributed by atoms with van der Waals surface area (Å²) in [6.45, 7) is 11.5. The van der Waals surface area contributed by atoms with E-state index in [0.717, 1.165) is 0 Å². The Morgan fingerprint density at radius 1 is 1.00 bits per heavy atom. The first-order valence-electron chi connectivity index (χ1n) is 4.62. The molecule has 0 saturated heterocycles. The van der Waals surface area contributed by atoms with Crippen LogP contribution in [0.3, 0.4) is 0 Å². The van der Waals surface area contributed by atoms with Crippen molar-refractivity contribution in [3.05, 3.63) is 0 Å². The lowest BCUT2D eigenvalue weighted by Crippen LogP contribution is -1.69. The lowest BCUT2D eigenvalue weighted by atomic mass is 10.3. The summed E-state index contributed by atoms with van der Waals surface area (Å²) in [6, 6.07) is 0. The van der Waals surface area contributed by atoms with Gasteiger partial charge in [0.2, 0.25) is 0 Å². The number of hydrogen-bond donors (Lipinski definition) is 0. The number of carbonyl (C=O) groups is 1. The number of hydrogen-bond acceptors (Lipinski definition) is 1. The Kier molecular flexibility index (Phi) is 34.9. The zero-order chi connectivity index (χ0) is 9.70. The predicted molar refractivity (Wildman–Crippen MR) is 52.9 cm³/mol. The maximum absolute atomic E-state index is 9.44. The Hall–Kier alpha value is -0.330. The Balaban J connectivity index is -0.0000000965.